The first-order valence-electron chi connectivity index (χ1n) is 7.46. The molecule has 0 radical (unpaired) electrons. The first-order valence-corrected chi connectivity index (χ1v) is 7.46. The summed E-state index contributed by atoms with van der Waals surface area (Å²) in [7, 11) is 1.49. The summed E-state index contributed by atoms with van der Waals surface area (Å²) in [4.78, 5) is 25.8. The van der Waals surface area contributed by atoms with E-state index in [1.807, 2.05) is 13.0 Å². The molecule has 24 heavy (non-hydrogen) atoms. The van der Waals surface area contributed by atoms with E-state index in [1.54, 1.807) is 36.4 Å². The number of benzene rings is 2. The van der Waals surface area contributed by atoms with Crippen LogP contribution < -0.4 is 14.4 Å². The predicted molar refractivity (Wildman–Crippen MR) is 87.9 cm³/mol. The van der Waals surface area contributed by atoms with Gasteiger partial charge in [-0.05, 0) is 31.2 Å². The molecular weight excluding hydrogens is 310 g/mol. The molecular formula is C18H17NO5. The van der Waals surface area contributed by atoms with Crippen molar-refractivity contribution in [1.82, 2.24) is 0 Å². The topological polar surface area (TPSA) is 76.1 Å². The molecule has 1 aliphatic rings. The summed E-state index contributed by atoms with van der Waals surface area (Å²) in [6.07, 6.45) is -1.11. The third kappa shape index (κ3) is 2.78. The van der Waals surface area contributed by atoms with Gasteiger partial charge < -0.3 is 19.5 Å². The minimum absolute atomic E-state index is 0.0672. The summed E-state index contributed by atoms with van der Waals surface area (Å²) in [5.41, 5.74) is 1.84. The van der Waals surface area contributed by atoms with Gasteiger partial charge in [-0.1, -0.05) is 23.8 Å². The standard InChI is InChI=1S/C18H17NO5/c1-11-7-8-14(23-2)12(9-11)17(20)19-10-16(18(21)22)24-15-6-4-3-5-13(15)19/h3-9,16H,10H2,1-2H3,(H,21,22)/t16-/m0/s1. The number of amides is 1. The van der Waals surface area contributed by atoms with Gasteiger partial charge in [-0.2, -0.15) is 0 Å². The Hall–Kier alpha value is -3.02. The SMILES string of the molecule is COc1ccc(C)cc1C(=O)N1C[C@@H](C(=O)O)Oc2ccccc21. The second-order valence-electron chi connectivity index (χ2n) is 5.53. The van der Waals surface area contributed by atoms with Crippen LogP contribution in [0.15, 0.2) is 42.5 Å². The first-order chi connectivity index (χ1) is 11.5. The summed E-state index contributed by atoms with van der Waals surface area (Å²) < 4.78 is 10.7. The number of carboxylic acids is 1. The molecule has 3 rings (SSSR count). The van der Waals surface area contributed by atoms with Crippen LogP contribution in [-0.4, -0.2) is 36.7 Å². The zero-order valence-corrected chi connectivity index (χ0v) is 13.4. The van der Waals surface area contributed by atoms with Crippen molar-refractivity contribution in [3.05, 3.63) is 53.6 Å². The van der Waals surface area contributed by atoms with Gasteiger partial charge in [0, 0.05) is 0 Å². The maximum absolute atomic E-state index is 13.1. The molecule has 0 saturated heterocycles. The minimum atomic E-state index is -1.11. The Morgan fingerprint density at radius 1 is 1.25 bits per heavy atom. The van der Waals surface area contributed by atoms with E-state index in [2.05, 4.69) is 0 Å². The zero-order valence-electron chi connectivity index (χ0n) is 13.4. The van der Waals surface area contributed by atoms with Gasteiger partial charge in [-0.25, -0.2) is 4.79 Å². The Bertz CT molecular complexity index is 802. The van der Waals surface area contributed by atoms with Gasteiger partial charge in [0.25, 0.3) is 5.91 Å². The molecule has 124 valence electrons. The third-order valence-electron chi connectivity index (χ3n) is 3.88. The Morgan fingerprint density at radius 3 is 2.71 bits per heavy atom. The third-order valence-corrected chi connectivity index (χ3v) is 3.88. The Kier molecular flexibility index (Phi) is 4.12. The highest BCUT2D eigenvalue weighted by molar-refractivity contribution is 6.09. The number of aliphatic carboxylic acids is 1. The van der Waals surface area contributed by atoms with E-state index in [0.717, 1.165) is 5.56 Å². The first kappa shape index (κ1) is 15.9. The normalized spacial score (nSPS) is 16.1. The maximum Gasteiger partial charge on any atom is 0.346 e. The average Bonchev–Trinajstić information content (AvgIpc) is 2.60. The maximum atomic E-state index is 13.1. The van der Waals surface area contributed by atoms with E-state index in [9.17, 15) is 14.7 Å². The predicted octanol–water partition coefficient (Wildman–Crippen LogP) is 2.50. The Balaban J connectivity index is 2.06. The van der Waals surface area contributed by atoms with Crippen LogP contribution in [0.5, 0.6) is 11.5 Å². The van der Waals surface area contributed by atoms with Crippen molar-refractivity contribution >= 4 is 17.6 Å². The van der Waals surface area contributed by atoms with Crippen molar-refractivity contribution < 1.29 is 24.2 Å². The second kappa shape index (κ2) is 6.23. The quantitative estimate of drug-likeness (QED) is 0.937. The van der Waals surface area contributed by atoms with Crippen molar-refractivity contribution in [2.24, 2.45) is 0 Å². The van der Waals surface area contributed by atoms with Gasteiger partial charge in [0.1, 0.15) is 11.5 Å². The molecule has 1 atom stereocenters. The lowest BCUT2D eigenvalue weighted by atomic mass is 10.1. The lowest BCUT2D eigenvalue weighted by molar-refractivity contribution is -0.144. The van der Waals surface area contributed by atoms with Crippen LogP contribution in [0.25, 0.3) is 0 Å². The summed E-state index contributed by atoms with van der Waals surface area (Å²) in [6.45, 7) is 1.81. The summed E-state index contributed by atoms with van der Waals surface area (Å²) >= 11 is 0. The highest BCUT2D eigenvalue weighted by Gasteiger charge is 2.34. The molecule has 1 N–H and O–H groups in total. The average molecular weight is 327 g/mol. The van der Waals surface area contributed by atoms with E-state index >= 15 is 0 Å². The molecule has 0 spiro atoms. The van der Waals surface area contributed by atoms with E-state index in [0.29, 0.717) is 22.7 Å². The number of carbonyl (C=O) groups is 2. The van der Waals surface area contributed by atoms with Crippen LogP contribution in [0, 0.1) is 6.92 Å². The van der Waals surface area contributed by atoms with Gasteiger partial charge in [-0.15, -0.1) is 0 Å². The fourth-order valence-corrected chi connectivity index (χ4v) is 2.69. The van der Waals surface area contributed by atoms with E-state index < -0.39 is 12.1 Å². The molecule has 0 bridgehead atoms. The number of carboxylic acid groups (broad SMARTS) is 1. The van der Waals surface area contributed by atoms with Gasteiger partial charge in [0.05, 0.1) is 24.9 Å². The minimum Gasteiger partial charge on any atom is -0.496 e. The molecule has 0 aromatic heterocycles. The monoisotopic (exact) mass is 327 g/mol. The number of fused-ring (bicyclic) bond motifs is 1. The number of carbonyl (C=O) groups excluding carboxylic acids is 1. The molecule has 2 aromatic carbocycles. The van der Waals surface area contributed by atoms with Crippen LogP contribution in [0.2, 0.25) is 0 Å². The lowest BCUT2D eigenvalue weighted by Crippen LogP contribution is -2.47. The lowest BCUT2D eigenvalue weighted by Gasteiger charge is -2.33. The second-order valence-corrected chi connectivity index (χ2v) is 5.53. The molecule has 1 aliphatic heterocycles. The largest absolute Gasteiger partial charge is 0.496 e. The summed E-state index contributed by atoms with van der Waals surface area (Å²) in [5, 5.41) is 9.29. The molecule has 0 fully saturated rings. The van der Waals surface area contributed by atoms with Crippen LogP contribution in [0.1, 0.15) is 15.9 Å². The van der Waals surface area contributed by atoms with Crippen molar-refractivity contribution in [2.45, 2.75) is 13.0 Å². The number of hydrogen-bond donors (Lipinski definition) is 1. The van der Waals surface area contributed by atoms with Crippen molar-refractivity contribution in [1.29, 1.82) is 0 Å². The molecule has 0 unspecified atom stereocenters. The smallest absolute Gasteiger partial charge is 0.346 e. The number of hydrogen-bond acceptors (Lipinski definition) is 4. The fraction of sp³-hybridized carbons (Fsp3) is 0.222. The zero-order chi connectivity index (χ0) is 17.3. The highest BCUT2D eigenvalue weighted by atomic mass is 16.5. The van der Waals surface area contributed by atoms with E-state index in [4.69, 9.17) is 9.47 Å². The number of rotatable bonds is 3. The summed E-state index contributed by atoms with van der Waals surface area (Å²) in [5.74, 6) is -0.617. The number of ether oxygens (including phenoxy) is 2. The molecule has 6 nitrogen and oxygen atoms in total. The highest BCUT2D eigenvalue weighted by Crippen LogP contribution is 2.35. The number of aryl methyl sites for hydroxylation is 1. The van der Waals surface area contributed by atoms with E-state index in [-0.39, 0.29) is 12.5 Å². The van der Waals surface area contributed by atoms with Gasteiger partial charge in [0.15, 0.2) is 0 Å². The number of para-hydroxylation sites is 2. The van der Waals surface area contributed by atoms with Crippen LogP contribution in [0.3, 0.4) is 0 Å². The number of anilines is 1. The van der Waals surface area contributed by atoms with Gasteiger partial charge in [0.2, 0.25) is 6.10 Å². The van der Waals surface area contributed by atoms with Crippen molar-refractivity contribution in [3.63, 3.8) is 0 Å². The van der Waals surface area contributed by atoms with Gasteiger partial charge in [-0.3, -0.25) is 4.79 Å². The van der Waals surface area contributed by atoms with Crippen molar-refractivity contribution in [2.75, 3.05) is 18.6 Å². The number of methoxy groups -OCH3 is 1. The molecule has 1 heterocycles. The fourth-order valence-electron chi connectivity index (χ4n) is 2.69. The molecule has 0 saturated carbocycles. The molecule has 0 aliphatic carbocycles. The molecule has 1 amide bonds. The van der Waals surface area contributed by atoms with Crippen molar-refractivity contribution in [3.8, 4) is 11.5 Å². The Morgan fingerprint density at radius 2 is 2.00 bits per heavy atom. The van der Waals surface area contributed by atoms with Gasteiger partial charge >= 0.3 is 5.97 Å². The Labute approximate surface area is 139 Å². The summed E-state index contributed by atoms with van der Waals surface area (Å²) in [6, 6.07) is 12.2. The van der Waals surface area contributed by atoms with Crippen LogP contribution >= 0.6 is 0 Å². The molecule has 6 heteroatoms. The van der Waals surface area contributed by atoms with E-state index in [1.165, 1.54) is 12.0 Å². The van der Waals surface area contributed by atoms with Crippen LogP contribution in [0.4, 0.5) is 5.69 Å². The number of nitrogens with zero attached hydrogens (tertiary/aromatic N) is 1. The van der Waals surface area contributed by atoms with Crippen LogP contribution in [-0.2, 0) is 4.79 Å². The molecule has 2 aromatic rings.